The van der Waals surface area contributed by atoms with Gasteiger partial charge in [-0.25, -0.2) is 8.42 Å². The van der Waals surface area contributed by atoms with Crippen LogP contribution in [0.5, 0.6) is 0 Å². The molecule has 0 saturated carbocycles. The highest BCUT2D eigenvalue weighted by Crippen LogP contribution is 2.20. The largest absolute Gasteiger partial charge is 0.392 e. The third kappa shape index (κ3) is 2.94. The molecule has 0 radical (unpaired) electrons. The number of aliphatic hydroxyl groups is 1. The summed E-state index contributed by atoms with van der Waals surface area (Å²) in [6.07, 6.45) is 0. The summed E-state index contributed by atoms with van der Waals surface area (Å²) in [6.45, 7) is 3.22. The summed E-state index contributed by atoms with van der Waals surface area (Å²) in [5.74, 6) is 0.0197. The molecule has 0 spiro atoms. The zero-order valence-corrected chi connectivity index (χ0v) is 9.63. The molecule has 15 heavy (non-hydrogen) atoms. The van der Waals surface area contributed by atoms with Crippen LogP contribution in [0.15, 0.2) is 18.2 Å². The topological polar surface area (TPSA) is 66.4 Å². The van der Waals surface area contributed by atoms with Crippen LogP contribution in [-0.4, -0.2) is 19.3 Å². The number of hydrogen-bond acceptors (Lipinski definition) is 3. The fraction of sp³-hybridized carbons (Fsp3) is 0.400. The predicted molar refractivity (Wildman–Crippen MR) is 60.2 cm³/mol. The number of benzene rings is 1. The summed E-state index contributed by atoms with van der Waals surface area (Å²) >= 11 is 0. The highest BCUT2D eigenvalue weighted by atomic mass is 32.2. The van der Waals surface area contributed by atoms with Crippen molar-refractivity contribution in [3.8, 4) is 0 Å². The molecule has 0 fully saturated rings. The molecule has 0 bridgehead atoms. The Morgan fingerprint density at radius 1 is 1.40 bits per heavy atom. The Morgan fingerprint density at radius 3 is 2.60 bits per heavy atom. The van der Waals surface area contributed by atoms with Crippen molar-refractivity contribution in [1.29, 1.82) is 0 Å². The van der Waals surface area contributed by atoms with Crippen molar-refractivity contribution in [3.05, 3.63) is 29.3 Å². The molecule has 0 aromatic heterocycles. The van der Waals surface area contributed by atoms with Crippen LogP contribution >= 0.6 is 0 Å². The number of hydrogen-bond donors (Lipinski definition) is 2. The molecule has 4 nitrogen and oxygen atoms in total. The molecule has 0 aliphatic rings. The van der Waals surface area contributed by atoms with Crippen molar-refractivity contribution >= 4 is 15.7 Å². The molecule has 1 aromatic carbocycles. The van der Waals surface area contributed by atoms with Crippen molar-refractivity contribution in [3.63, 3.8) is 0 Å². The number of anilines is 1. The van der Waals surface area contributed by atoms with Gasteiger partial charge >= 0.3 is 0 Å². The van der Waals surface area contributed by atoms with Crippen LogP contribution in [0.4, 0.5) is 5.69 Å². The molecule has 1 aromatic rings. The molecule has 0 saturated heterocycles. The van der Waals surface area contributed by atoms with Gasteiger partial charge in [0.15, 0.2) is 0 Å². The van der Waals surface area contributed by atoms with Crippen LogP contribution < -0.4 is 4.72 Å². The van der Waals surface area contributed by atoms with Gasteiger partial charge in [0.25, 0.3) is 0 Å². The first-order chi connectivity index (χ1) is 7.00. The molecule has 5 heteroatoms. The second-order valence-corrected chi connectivity index (χ2v) is 5.28. The van der Waals surface area contributed by atoms with Crippen LogP contribution in [0.2, 0.25) is 0 Å². The lowest BCUT2D eigenvalue weighted by Crippen LogP contribution is -2.16. The number of aryl methyl sites for hydroxylation is 1. The minimum atomic E-state index is -3.28. The maximum Gasteiger partial charge on any atom is 0.232 e. The summed E-state index contributed by atoms with van der Waals surface area (Å²) in [7, 11) is -3.28. The van der Waals surface area contributed by atoms with E-state index in [0.29, 0.717) is 11.3 Å². The van der Waals surface area contributed by atoms with Crippen molar-refractivity contribution in [2.45, 2.75) is 20.5 Å². The Kier molecular flexibility index (Phi) is 3.71. The van der Waals surface area contributed by atoms with E-state index in [1.807, 2.05) is 13.0 Å². The highest BCUT2D eigenvalue weighted by Gasteiger charge is 2.10. The van der Waals surface area contributed by atoms with Crippen LogP contribution in [0.3, 0.4) is 0 Å². The molecule has 84 valence electrons. The second-order valence-electron chi connectivity index (χ2n) is 3.26. The summed E-state index contributed by atoms with van der Waals surface area (Å²) in [5.41, 5.74) is 1.95. The van der Waals surface area contributed by atoms with Crippen molar-refractivity contribution in [1.82, 2.24) is 0 Å². The van der Waals surface area contributed by atoms with Gasteiger partial charge in [-0.3, -0.25) is 4.72 Å². The van der Waals surface area contributed by atoms with Gasteiger partial charge in [0.2, 0.25) is 10.0 Å². The number of aliphatic hydroxyl groups excluding tert-OH is 1. The average Bonchev–Trinajstić information content (AvgIpc) is 2.18. The lowest BCUT2D eigenvalue weighted by atomic mass is 10.1. The predicted octanol–water partition coefficient (Wildman–Crippen LogP) is 1.25. The van der Waals surface area contributed by atoms with Crippen LogP contribution in [-0.2, 0) is 16.6 Å². The maximum atomic E-state index is 11.4. The average molecular weight is 229 g/mol. The standard InChI is InChI=1S/C10H15NO3S/c1-3-15(13,14)11-10-6-4-5-8(2)9(10)7-12/h4-6,11-12H,3,7H2,1-2H3. The fourth-order valence-electron chi connectivity index (χ4n) is 1.25. The van der Waals surface area contributed by atoms with Gasteiger partial charge in [0.1, 0.15) is 0 Å². The minimum Gasteiger partial charge on any atom is -0.392 e. The Bertz CT molecular complexity index is 440. The van der Waals surface area contributed by atoms with Crippen LogP contribution in [0.25, 0.3) is 0 Å². The summed E-state index contributed by atoms with van der Waals surface area (Å²) in [5, 5.41) is 9.13. The van der Waals surface area contributed by atoms with E-state index >= 15 is 0 Å². The van der Waals surface area contributed by atoms with E-state index in [0.717, 1.165) is 5.56 Å². The van der Waals surface area contributed by atoms with Crippen molar-refractivity contribution < 1.29 is 13.5 Å². The Labute approximate surface area is 90.0 Å². The van der Waals surface area contributed by atoms with Crippen LogP contribution in [0.1, 0.15) is 18.1 Å². The SMILES string of the molecule is CCS(=O)(=O)Nc1cccc(C)c1CO. The van der Waals surface area contributed by atoms with Gasteiger partial charge < -0.3 is 5.11 Å². The Hall–Kier alpha value is -1.07. The zero-order valence-electron chi connectivity index (χ0n) is 8.82. The molecule has 0 unspecified atom stereocenters. The third-order valence-corrected chi connectivity index (χ3v) is 3.50. The first-order valence-electron chi connectivity index (χ1n) is 4.70. The van der Waals surface area contributed by atoms with E-state index in [1.165, 1.54) is 0 Å². The van der Waals surface area contributed by atoms with Gasteiger partial charge in [0.05, 0.1) is 18.0 Å². The normalized spacial score (nSPS) is 11.4. The molecule has 1 rings (SSSR count). The van der Waals surface area contributed by atoms with Crippen molar-refractivity contribution in [2.24, 2.45) is 0 Å². The fourth-order valence-corrected chi connectivity index (χ4v) is 1.92. The number of sulfonamides is 1. The Morgan fingerprint density at radius 2 is 2.07 bits per heavy atom. The Balaban J connectivity index is 3.10. The molecular formula is C10H15NO3S. The first-order valence-corrected chi connectivity index (χ1v) is 6.35. The molecule has 2 N–H and O–H groups in total. The highest BCUT2D eigenvalue weighted by molar-refractivity contribution is 7.92. The van der Waals surface area contributed by atoms with E-state index in [4.69, 9.17) is 5.11 Å². The molecular weight excluding hydrogens is 214 g/mol. The van der Waals surface area contributed by atoms with Gasteiger partial charge in [-0.1, -0.05) is 12.1 Å². The van der Waals surface area contributed by atoms with E-state index in [9.17, 15) is 8.42 Å². The molecule has 0 aliphatic carbocycles. The molecule has 0 heterocycles. The zero-order chi connectivity index (χ0) is 11.5. The summed E-state index contributed by atoms with van der Waals surface area (Å²) in [4.78, 5) is 0. The third-order valence-electron chi connectivity index (χ3n) is 2.21. The van der Waals surface area contributed by atoms with Gasteiger partial charge in [-0.05, 0) is 25.5 Å². The van der Waals surface area contributed by atoms with Gasteiger partial charge in [-0.2, -0.15) is 0 Å². The molecule has 0 aliphatic heterocycles. The smallest absolute Gasteiger partial charge is 0.232 e. The quantitative estimate of drug-likeness (QED) is 0.816. The van der Waals surface area contributed by atoms with E-state index in [2.05, 4.69) is 4.72 Å². The lowest BCUT2D eigenvalue weighted by molar-refractivity contribution is 0.282. The number of rotatable bonds is 4. The van der Waals surface area contributed by atoms with Crippen LogP contribution in [0, 0.1) is 6.92 Å². The van der Waals surface area contributed by atoms with Gasteiger partial charge in [0, 0.05) is 5.56 Å². The van der Waals surface area contributed by atoms with Crippen molar-refractivity contribution in [2.75, 3.05) is 10.5 Å². The lowest BCUT2D eigenvalue weighted by Gasteiger charge is -2.12. The maximum absolute atomic E-state index is 11.4. The monoisotopic (exact) mass is 229 g/mol. The molecule has 0 atom stereocenters. The van der Waals surface area contributed by atoms with E-state index in [1.54, 1.807) is 19.1 Å². The van der Waals surface area contributed by atoms with Gasteiger partial charge in [-0.15, -0.1) is 0 Å². The summed E-state index contributed by atoms with van der Waals surface area (Å²) in [6, 6.07) is 5.23. The van der Waals surface area contributed by atoms with E-state index in [-0.39, 0.29) is 12.4 Å². The number of nitrogens with one attached hydrogen (secondary N) is 1. The van der Waals surface area contributed by atoms with E-state index < -0.39 is 10.0 Å². The second kappa shape index (κ2) is 4.63. The summed E-state index contributed by atoms with van der Waals surface area (Å²) < 4.78 is 25.2. The first kappa shape index (κ1) is 12.0. The minimum absolute atomic E-state index is 0.0197. The molecule has 0 amide bonds.